The zero-order valence-corrected chi connectivity index (χ0v) is 17.3. The number of benzene rings is 2. The van der Waals surface area contributed by atoms with Crippen LogP contribution in [0.2, 0.25) is 0 Å². The molecule has 2 aromatic carbocycles. The molecule has 0 amide bonds. The quantitative estimate of drug-likeness (QED) is 0.415. The van der Waals surface area contributed by atoms with E-state index < -0.39 is 11.7 Å². The maximum Gasteiger partial charge on any atom is 0.416 e. The first-order chi connectivity index (χ1) is 15.2. The van der Waals surface area contributed by atoms with Crippen molar-refractivity contribution in [1.82, 2.24) is 9.13 Å². The lowest BCUT2D eigenvalue weighted by Gasteiger charge is -2.11. The highest BCUT2D eigenvalue weighted by atomic mass is 19.4. The van der Waals surface area contributed by atoms with Crippen LogP contribution in [0.5, 0.6) is 11.5 Å². The highest BCUT2D eigenvalue weighted by Crippen LogP contribution is 2.35. The molecule has 2 heterocycles. The van der Waals surface area contributed by atoms with Gasteiger partial charge in [0, 0.05) is 24.9 Å². The van der Waals surface area contributed by atoms with E-state index >= 15 is 0 Å². The van der Waals surface area contributed by atoms with E-state index in [4.69, 9.17) is 4.74 Å². The molecule has 0 aliphatic heterocycles. The molecule has 4 rings (SSSR count). The van der Waals surface area contributed by atoms with Crippen molar-refractivity contribution in [1.29, 1.82) is 5.26 Å². The number of ether oxygens (including phenoxy) is 1. The molecule has 2 aromatic heterocycles. The van der Waals surface area contributed by atoms with Gasteiger partial charge in [-0.2, -0.15) is 18.4 Å². The Morgan fingerprint density at radius 3 is 2.41 bits per heavy atom. The highest BCUT2D eigenvalue weighted by Gasteiger charge is 2.30. The molecule has 162 valence electrons. The summed E-state index contributed by atoms with van der Waals surface area (Å²) in [7, 11) is 1.67. The Morgan fingerprint density at radius 2 is 1.75 bits per heavy atom. The lowest BCUT2D eigenvalue weighted by atomic mass is 10.0. The molecule has 4 aromatic rings. The Hall–Kier alpha value is -3.99. The van der Waals surface area contributed by atoms with E-state index in [9.17, 15) is 23.2 Å². The minimum atomic E-state index is -4.41. The number of halogens is 3. The van der Waals surface area contributed by atoms with Crippen LogP contribution in [0.15, 0.2) is 65.6 Å². The van der Waals surface area contributed by atoms with E-state index in [-0.39, 0.29) is 17.9 Å². The Labute approximate surface area is 181 Å². The van der Waals surface area contributed by atoms with Crippen molar-refractivity contribution in [3.05, 3.63) is 82.3 Å². The second kappa shape index (κ2) is 7.93. The summed E-state index contributed by atoms with van der Waals surface area (Å²) in [5.41, 5.74) is 2.87. The van der Waals surface area contributed by atoms with Crippen molar-refractivity contribution in [2.45, 2.75) is 19.6 Å². The summed E-state index contributed by atoms with van der Waals surface area (Å²) >= 11 is 0. The number of hydrogen-bond acceptors (Lipinski definition) is 3. The first-order valence-corrected chi connectivity index (χ1v) is 9.70. The summed E-state index contributed by atoms with van der Waals surface area (Å²) in [6.45, 7) is 1.99. The molecule has 0 saturated carbocycles. The number of nitrogens with zero attached hydrogens (tertiary/aromatic N) is 3. The third-order valence-electron chi connectivity index (χ3n) is 5.16. The zero-order chi connectivity index (χ0) is 23.0. The first kappa shape index (κ1) is 21.2. The maximum absolute atomic E-state index is 12.8. The van der Waals surface area contributed by atoms with Crippen molar-refractivity contribution in [2.24, 2.45) is 7.05 Å². The number of aromatic nitrogens is 2. The number of nitriles is 1. The maximum atomic E-state index is 12.8. The van der Waals surface area contributed by atoms with Gasteiger partial charge in [0.1, 0.15) is 18.0 Å². The second-order valence-corrected chi connectivity index (χ2v) is 7.45. The number of aryl methyl sites for hydroxylation is 2. The Bertz CT molecular complexity index is 1410. The lowest BCUT2D eigenvalue weighted by Crippen LogP contribution is -2.15. The van der Waals surface area contributed by atoms with E-state index in [1.54, 1.807) is 29.8 Å². The number of hydrogen-bond donors (Lipinski definition) is 0. The summed E-state index contributed by atoms with van der Waals surface area (Å²) in [5, 5.41) is 9.18. The molecule has 0 fully saturated rings. The van der Waals surface area contributed by atoms with Gasteiger partial charge in [-0.1, -0.05) is 6.07 Å². The Kier molecular flexibility index (Phi) is 5.26. The van der Waals surface area contributed by atoms with Crippen LogP contribution in [-0.2, 0) is 19.8 Å². The van der Waals surface area contributed by atoms with Crippen molar-refractivity contribution < 1.29 is 17.9 Å². The number of pyridine rings is 1. The number of alkyl halides is 3. The molecule has 0 unspecified atom stereocenters. The van der Waals surface area contributed by atoms with Crippen LogP contribution in [0.3, 0.4) is 0 Å². The normalized spacial score (nSPS) is 11.5. The van der Waals surface area contributed by atoms with E-state index in [0.717, 1.165) is 34.3 Å². The van der Waals surface area contributed by atoms with Gasteiger partial charge in [-0.15, -0.1) is 0 Å². The minimum absolute atomic E-state index is 0.120. The average molecular weight is 437 g/mol. The number of fused-ring (bicyclic) bond motifs is 1. The average Bonchev–Trinajstić information content (AvgIpc) is 3.09. The molecule has 32 heavy (non-hydrogen) atoms. The van der Waals surface area contributed by atoms with Gasteiger partial charge >= 0.3 is 6.18 Å². The van der Waals surface area contributed by atoms with Gasteiger partial charge in [-0.25, -0.2) is 0 Å². The van der Waals surface area contributed by atoms with Gasteiger partial charge in [0.2, 0.25) is 0 Å². The third kappa shape index (κ3) is 3.97. The smallest absolute Gasteiger partial charge is 0.416 e. The summed E-state index contributed by atoms with van der Waals surface area (Å²) in [4.78, 5) is 12.2. The molecule has 0 spiro atoms. The van der Waals surface area contributed by atoms with Gasteiger partial charge in [0.25, 0.3) is 5.56 Å². The van der Waals surface area contributed by atoms with E-state index in [1.165, 1.54) is 22.8 Å². The molecular weight excluding hydrogens is 419 g/mol. The molecule has 0 bridgehead atoms. The van der Waals surface area contributed by atoms with Gasteiger partial charge in [0.15, 0.2) is 0 Å². The molecular formula is C24H18F3N3O2. The van der Waals surface area contributed by atoms with Gasteiger partial charge < -0.3 is 13.9 Å². The van der Waals surface area contributed by atoms with E-state index in [2.05, 4.69) is 6.07 Å². The van der Waals surface area contributed by atoms with Crippen molar-refractivity contribution >= 4 is 11.0 Å². The van der Waals surface area contributed by atoms with Crippen molar-refractivity contribution in [3.63, 3.8) is 0 Å². The SMILES string of the molecule is Cc1cc(Oc2ccc(C(F)(F)F)cc2)cc(-c2cn(CC#N)c3ccc(=O)n(C)c23)c1. The Balaban J connectivity index is 1.78. The predicted molar refractivity (Wildman–Crippen MR) is 114 cm³/mol. The molecule has 0 radical (unpaired) electrons. The fourth-order valence-electron chi connectivity index (χ4n) is 3.69. The summed E-state index contributed by atoms with van der Waals surface area (Å²) in [6, 6.07) is 15.2. The largest absolute Gasteiger partial charge is 0.457 e. The fraction of sp³-hybridized carbons (Fsp3) is 0.167. The van der Waals surface area contributed by atoms with Gasteiger partial charge in [-0.05, 0) is 60.5 Å². The van der Waals surface area contributed by atoms with Crippen LogP contribution in [-0.4, -0.2) is 9.13 Å². The highest BCUT2D eigenvalue weighted by molar-refractivity contribution is 5.93. The monoisotopic (exact) mass is 437 g/mol. The number of rotatable bonds is 4. The lowest BCUT2D eigenvalue weighted by molar-refractivity contribution is -0.137. The first-order valence-electron chi connectivity index (χ1n) is 9.70. The molecule has 0 saturated heterocycles. The van der Waals surface area contributed by atoms with E-state index in [1.807, 2.05) is 19.2 Å². The van der Waals surface area contributed by atoms with Crippen LogP contribution in [0.1, 0.15) is 11.1 Å². The van der Waals surface area contributed by atoms with Crippen molar-refractivity contribution in [3.8, 4) is 28.7 Å². The molecule has 8 heteroatoms. The fourth-order valence-corrected chi connectivity index (χ4v) is 3.69. The summed E-state index contributed by atoms with van der Waals surface area (Å²) < 4.78 is 47.5. The standard InChI is InChI=1S/C24H18F3N3O2/c1-15-11-16(13-19(12-15)32-18-5-3-17(4-6-18)24(25,26)27)20-14-30(10-9-28)21-7-8-22(31)29(2)23(20)21/h3-8,11-14H,10H2,1-2H3. The van der Waals surface area contributed by atoms with Crippen LogP contribution in [0.25, 0.3) is 22.2 Å². The van der Waals surface area contributed by atoms with Gasteiger partial charge in [0.05, 0.1) is 22.7 Å². The van der Waals surface area contributed by atoms with Gasteiger partial charge in [-0.3, -0.25) is 4.79 Å². The summed E-state index contributed by atoms with van der Waals surface area (Å²) in [6.07, 6.45) is -2.60. The van der Waals surface area contributed by atoms with E-state index in [0.29, 0.717) is 11.3 Å². The van der Waals surface area contributed by atoms with Crippen LogP contribution in [0.4, 0.5) is 13.2 Å². The van der Waals surface area contributed by atoms with Crippen LogP contribution < -0.4 is 10.3 Å². The molecule has 5 nitrogen and oxygen atoms in total. The molecule has 0 N–H and O–H groups in total. The minimum Gasteiger partial charge on any atom is -0.457 e. The van der Waals surface area contributed by atoms with Crippen molar-refractivity contribution in [2.75, 3.05) is 0 Å². The topological polar surface area (TPSA) is 60.0 Å². The molecule has 0 aliphatic carbocycles. The molecule has 0 aliphatic rings. The third-order valence-corrected chi connectivity index (χ3v) is 5.16. The summed E-state index contributed by atoms with van der Waals surface area (Å²) in [5.74, 6) is 0.718. The van der Waals surface area contributed by atoms with Crippen LogP contribution >= 0.6 is 0 Å². The van der Waals surface area contributed by atoms with Crippen LogP contribution in [0, 0.1) is 18.3 Å². The molecule has 0 atom stereocenters. The Morgan fingerprint density at radius 1 is 1.03 bits per heavy atom. The second-order valence-electron chi connectivity index (χ2n) is 7.45. The predicted octanol–water partition coefficient (Wildman–Crippen LogP) is 5.65. The zero-order valence-electron chi connectivity index (χ0n) is 17.3.